The Morgan fingerprint density at radius 3 is 2.93 bits per heavy atom. The number of nitrogens with two attached hydrogens (primary N) is 1. The molecule has 0 unspecified atom stereocenters. The maximum Gasteiger partial charge on any atom is 0.123 e. The van der Waals surface area contributed by atoms with E-state index in [1.807, 2.05) is 12.1 Å². The number of nitrogens with zero attached hydrogens (tertiary/aromatic N) is 2. The van der Waals surface area contributed by atoms with Gasteiger partial charge in [0.25, 0.3) is 0 Å². The van der Waals surface area contributed by atoms with E-state index < -0.39 is 0 Å². The molecule has 2 N–H and O–H groups in total. The van der Waals surface area contributed by atoms with Gasteiger partial charge in [-0.25, -0.2) is 4.98 Å². The summed E-state index contributed by atoms with van der Waals surface area (Å²) < 4.78 is 3.39. The summed E-state index contributed by atoms with van der Waals surface area (Å²) in [6.07, 6.45) is 2.51. The van der Waals surface area contributed by atoms with Crippen LogP contribution in [0.15, 0.2) is 22.7 Å². The van der Waals surface area contributed by atoms with Crippen LogP contribution in [-0.4, -0.2) is 9.55 Å². The van der Waals surface area contributed by atoms with Gasteiger partial charge in [0.2, 0.25) is 0 Å². The Labute approximate surface area is 96.4 Å². The van der Waals surface area contributed by atoms with Crippen molar-refractivity contribution in [2.24, 2.45) is 5.73 Å². The van der Waals surface area contributed by atoms with Crippen LogP contribution in [0.1, 0.15) is 24.7 Å². The summed E-state index contributed by atoms with van der Waals surface area (Å²) in [5, 5.41) is 0. The maximum absolute atomic E-state index is 5.72. The van der Waals surface area contributed by atoms with Crippen LogP contribution < -0.4 is 5.73 Å². The molecule has 78 valence electrons. The van der Waals surface area contributed by atoms with Gasteiger partial charge in [-0.2, -0.15) is 0 Å². The summed E-state index contributed by atoms with van der Waals surface area (Å²) in [7, 11) is 0. The maximum atomic E-state index is 5.72. The van der Waals surface area contributed by atoms with Crippen LogP contribution in [0.2, 0.25) is 0 Å². The predicted molar refractivity (Wildman–Crippen MR) is 63.6 cm³/mol. The van der Waals surface area contributed by atoms with Gasteiger partial charge in [-0.15, -0.1) is 0 Å². The average Bonchev–Trinajstić information content (AvgIpc) is 2.99. The molecule has 15 heavy (non-hydrogen) atoms. The minimum Gasteiger partial charge on any atom is -0.324 e. The van der Waals surface area contributed by atoms with Crippen LogP contribution in [0.4, 0.5) is 0 Å². The monoisotopic (exact) mass is 265 g/mol. The smallest absolute Gasteiger partial charge is 0.123 e. The molecule has 0 saturated heterocycles. The first-order chi connectivity index (χ1) is 7.29. The minimum absolute atomic E-state index is 0.517. The highest BCUT2D eigenvalue weighted by molar-refractivity contribution is 9.10. The molecule has 2 aromatic rings. The van der Waals surface area contributed by atoms with Crippen molar-refractivity contribution in [3.05, 3.63) is 28.5 Å². The standard InChI is InChI=1S/C11H12BrN3/c12-7-1-4-9-10(5-7)15(8-2-3-8)11(6-13)14-9/h1,4-5,8H,2-3,6,13H2. The second kappa shape index (κ2) is 3.32. The van der Waals surface area contributed by atoms with Crippen LogP contribution in [0.25, 0.3) is 11.0 Å². The summed E-state index contributed by atoms with van der Waals surface area (Å²) >= 11 is 3.49. The van der Waals surface area contributed by atoms with Crippen molar-refractivity contribution in [3.8, 4) is 0 Å². The van der Waals surface area contributed by atoms with Gasteiger partial charge >= 0.3 is 0 Å². The van der Waals surface area contributed by atoms with Crippen molar-refractivity contribution in [1.82, 2.24) is 9.55 Å². The second-order valence-electron chi connectivity index (χ2n) is 3.97. The van der Waals surface area contributed by atoms with Gasteiger partial charge in [0.05, 0.1) is 17.6 Å². The summed E-state index contributed by atoms with van der Waals surface area (Å²) in [4.78, 5) is 4.55. The molecule has 0 atom stereocenters. The number of hydrogen-bond donors (Lipinski definition) is 1. The van der Waals surface area contributed by atoms with Crippen molar-refractivity contribution < 1.29 is 0 Å². The molecule has 0 aliphatic heterocycles. The van der Waals surface area contributed by atoms with Gasteiger partial charge in [-0.1, -0.05) is 15.9 Å². The second-order valence-corrected chi connectivity index (χ2v) is 4.88. The van der Waals surface area contributed by atoms with Crippen molar-refractivity contribution >= 4 is 27.0 Å². The third kappa shape index (κ3) is 1.48. The molecule has 1 aromatic carbocycles. The van der Waals surface area contributed by atoms with E-state index in [2.05, 4.69) is 31.5 Å². The van der Waals surface area contributed by atoms with Gasteiger partial charge in [-0.05, 0) is 31.0 Å². The van der Waals surface area contributed by atoms with Crippen LogP contribution in [0.3, 0.4) is 0 Å². The quantitative estimate of drug-likeness (QED) is 0.907. The third-order valence-corrected chi connectivity index (χ3v) is 3.31. The first-order valence-electron chi connectivity index (χ1n) is 5.16. The third-order valence-electron chi connectivity index (χ3n) is 2.82. The molecule has 0 amide bonds. The van der Waals surface area contributed by atoms with Gasteiger partial charge < -0.3 is 10.3 Å². The van der Waals surface area contributed by atoms with E-state index in [0.717, 1.165) is 15.8 Å². The summed E-state index contributed by atoms with van der Waals surface area (Å²) in [5.74, 6) is 1.01. The zero-order valence-corrected chi connectivity index (χ0v) is 9.87. The normalized spacial score (nSPS) is 16.1. The van der Waals surface area contributed by atoms with E-state index >= 15 is 0 Å². The number of benzene rings is 1. The number of imidazole rings is 1. The van der Waals surface area contributed by atoms with Crippen molar-refractivity contribution in [3.63, 3.8) is 0 Å². The number of aromatic nitrogens is 2. The number of hydrogen-bond acceptors (Lipinski definition) is 2. The largest absolute Gasteiger partial charge is 0.324 e. The molecule has 1 saturated carbocycles. The van der Waals surface area contributed by atoms with Crippen molar-refractivity contribution in [1.29, 1.82) is 0 Å². The Bertz CT molecular complexity index is 514. The van der Waals surface area contributed by atoms with E-state index in [-0.39, 0.29) is 0 Å². The predicted octanol–water partition coefficient (Wildman–Crippen LogP) is 2.59. The molecule has 0 spiro atoms. The molecule has 1 fully saturated rings. The first-order valence-corrected chi connectivity index (χ1v) is 5.95. The van der Waals surface area contributed by atoms with Crippen LogP contribution in [0.5, 0.6) is 0 Å². The van der Waals surface area contributed by atoms with E-state index in [1.54, 1.807) is 0 Å². The van der Waals surface area contributed by atoms with Crippen LogP contribution in [-0.2, 0) is 6.54 Å². The molecule has 1 aliphatic carbocycles. The Balaban J connectivity index is 2.30. The van der Waals surface area contributed by atoms with E-state index in [9.17, 15) is 0 Å². The van der Waals surface area contributed by atoms with E-state index in [0.29, 0.717) is 12.6 Å². The lowest BCUT2D eigenvalue weighted by Gasteiger charge is -2.05. The summed E-state index contributed by atoms with van der Waals surface area (Å²) in [5.41, 5.74) is 7.97. The lowest BCUT2D eigenvalue weighted by molar-refractivity contribution is 0.701. The molecule has 1 heterocycles. The zero-order valence-electron chi connectivity index (χ0n) is 8.28. The Kier molecular flexibility index (Phi) is 2.07. The molecule has 1 aliphatic rings. The van der Waals surface area contributed by atoms with E-state index in [4.69, 9.17) is 5.73 Å². The molecule has 1 aromatic heterocycles. The Hall–Kier alpha value is -0.870. The van der Waals surface area contributed by atoms with Crippen LogP contribution >= 0.6 is 15.9 Å². The fourth-order valence-electron chi connectivity index (χ4n) is 2.00. The van der Waals surface area contributed by atoms with E-state index in [1.165, 1.54) is 18.4 Å². The molecule has 3 nitrogen and oxygen atoms in total. The molecular weight excluding hydrogens is 254 g/mol. The highest BCUT2D eigenvalue weighted by atomic mass is 79.9. The van der Waals surface area contributed by atoms with Crippen molar-refractivity contribution in [2.75, 3.05) is 0 Å². The lowest BCUT2D eigenvalue weighted by atomic mass is 10.3. The first kappa shape index (κ1) is 9.36. The highest BCUT2D eigenvalue weighted by Crippen LogP contribution is 2.39. The average molecular weight is 266 g/mol. The molecule has 0 bridgehead atoms. The lowest BCUT2D eigenvalue weighted by Crippen LogP contribution is -2.06. The summed E-state index contributed by atoms with van der Waals surface area (Å²) in [6.45, 7) is 0.517. The molecule has 0 radical (unpaired) electrons. The Morgan fingerprint density at radius 1 is 1.47 bits per heavy atom. The van der Waals surface area contributed by atoms with Gasteiger partial charge in [-0.3, -0.25) is 0 Å². The molecule has 3 rings (SSSR count). The van der Waals surface area contributed by atoms with Crippen LogP contribution in [0, 0.1) is 0 Å². The number of halogens is 1. The van der Waals surface area contributed by atoms with Gasteiger partial charge in [0, 0.05) is 10.5 Å². The van der Waals surface area contributed by atoms with Crippen molar-refractivity contribution in [2.45, 2.75) is 25.4 Å². The Morgan fingerprint density at radius 2 is 2.27 bits per heavy atom. The zero-order chi connectivity index (χ0) is 10.4. The SMILES string of the molecule is NCc1nc2ccc(Br)cc2n1C1CC1. The minimum atomic E-state index is 0.517. The summed E-state index contributed by atoms with van der Waals surface area (Å²) in [6, 6.07) is 6.81. The highest BCUT2D eigenvalue weighted by Gasteiger charge is 2.27. The molecule has 4 heteroatoms. The topological polar surface area (TPSA) is 43.8 Å². The van der Waals surface area contributed by atoms with Gasteiger partial charge in [0.15, 0.2) is 0 Å². The number of rotatable bonds is 2. The van der Waals surface area contributed by atoms with Gasteiger partial charge in [0.1, 0.15) is 5.82 Å². The number of fused-ring (bicyclic) bond motifs is 1. The fraction of sp³-hybridized carbons (Fsp3) is 0.364. The fourth-order valence-corrected chi connectivity index (χ4v) is 2.35. The molecular formula is C11H12BrN3.